The van der Waals surface area contributed by atoms with Gasteiger partial charge < -0.3 is 15.8 Å². The SMILES string of the molecule is COc1ccc(C(=O)NCCCC(C)CN)c(F)c1. The Morgan fingerprint density at radius 1 is 1.53 bits per heavy atom. The largest absolute Gasteiger partial charge is 0.497 e. The summed E-state index contributed by atoms with van der Waals surface area (Å²) in [6.07, 6.45) is 1.78. The lowest BCUT2D eigenvalue weighted by atomic mass is 10.1. The molecule has 1 aromatic carbocycles. The number of nitrogens with one attached hydrogen (secondary N) is 1. The van der Waals surface area contributed by atoms with Crippen molar-refractivity contribution in [3.63, 3.8) is 0 Å². The van der Waals surface area contributed by atoms with Crippen molar-refractivity contribution in [3.8, 4) is 5.75 Å². The molecule has 5 heteroatoms. The number of amides is 1. The third kappa shape index (κ3) is 4.87. The second-order valence-corrected chi connectivity index (χ2v) is 4.58. The van der Waals surface area contributed by atoms with E-state index in [0.29, 0.717) is 24.8 Å². The van der Waals surface area contributed by atoms with Crippen molar-refractivity contribution in [2.24, 2.45) is 11.7 Å². The van der Waals surface area contributed by atoms with Crippen LogP contribution in [-0.2, 0) is 0 Å². The molecule has 0 aliphatic rings. The Morgan fingerprint density at radius 2 is 2.26 bits per heavy atom. The Bertz CT molecular complexity index is 424. The highest BCUT2D eigenvalue weighted by Crippen LogP contribution is 2.16. The van der Waals surface area contributed by atoms with Crippen molar-refractivity contribution in [2.45, 2.75) is 19.8 Å². The lowest BCUT2D eigenvalue weighted by Crippen LogP contribution is -2.26. The van der Waals surface area contributed by atoms with Crippen LogP contribution in [0, 0.1) is 11.7 Å². The highest BCUT2D eigenvalue weighted by Gasteiger charge is 2.12. The number of methoxy groups -OCH3 is 1. The molecule has 3 N–H and O–H groups in total. The fraction of sp³-hybridized carbons (Fsp3) is 0.500. The average molecular weight is 268 g/mol. The molecule has 0 saturated heterocycles. The summed E-state index contributed by atoms with van der Waals surface area (Å²) >= 11 is 0. The van der Waals surface area contributed by atoms with Gasteiger partial charge in [0.25, 0.3) is 5.91 Å². The van der Waals surface area contributed by atoms with E-state index in [1.165, 1.54) is 19.2 Å². The predicted octanol–water partition coefficient (Wildman–Crippen LogP) is 1.94. The minimum absolute atomic E-state index is 0.0349. The number of carbonyl (C=O) groups excluding carboxylic acids is 1. The molecule has 0 spiro atoms. The zero-order valence-corrected chi connectivity index (χ0v) is 11.4. The second kappa shape index (κ2) is 7.74. The summed E-state index contributed by atoms with van der Waals surface area (Å²) < 4.78 is 18.5. The normalized spacial score (nSPS) is 12.0. The van der Waals surface area contributed by atoms with Crippen LogP contribution < -0.4 is 15.8 Å². The van der Waals surface area contributed by atoms with Gasteiger partial charge in [-0.1, -0.05) is 6.92 Å². The van der Waals surface area contributed by atoms with E-state index in [1.54, 1.807) is 6.07 Å². The molecule has 1 amide bonds. The van der Waals surface area contributed by atoms with Crippen molar-refractivity contribution < 1.29 is 13.9 Å². The van der Waals surface area contributed by atoms with Crippen LogP contribution in [0.25, 0.3) is 0 Å². The Balaban J connectivity index is 2.45. The van der Waals surface area contributed by atoms with E-state index < -0.39 is 11.7 Å². The third-order valence-corrected chi connectivity index (χ3v) is 2.98. The summed E-state index contributed by atoms with van der Waals surface area (Å²) in [5, 5.41) is 2.70. The molecule has 4 nitrogen and oxygen atoms in total. The van der Waals surface area contributed by atoms with Crippen LogP contribution in [0.1, 0.15) is 30.1 Å². The van der Waals surface area contributed by atoms with Crippen molar-refractivity contribution in [3.05, 3.63) is 29.6 Å². The van der Waals surface area contributed by atoms with Crippen LogP contribution in [0.2, 0.25) is 0 Å². The predicted molar refractivity (Wildman–Crippen MR) is 72.7 cm³/mol. The number of rotatable bonds is 7. The highest BCUT2D eigenvalue weighted by atomic mass is 19.1. The monoisotopic (exact) mass is 268 g/mol. The van der Waals surface area contributed by atoms with Crippen LogP contribution >= 0.6 is 0 Å². The third-order valence-electron chi connectivity index (χ3n) is 2.98. The zero-order valence-electron chi connectivity index (χ0n) is 11.4. The number of hydrogen-bond acceptors (Lipinski definition) is 3. The maximum Gasteiger partial charge on any atom is 0.254 e. The standard InChI is InChI=1S/C14H21FN2O2/c1-10(9-16)4-3-7-17-14(18)12-6-5-11(19-2)8-13(12)15/h5-6,8,10H,3-4,7,9,16H2,1-2H3,(H,17,18). The van der Waals surface area contributed by atoms with Crippen molar-refractivity contribution in [2.75, 3.05) is 20.2 Å². The molecule has 0 fully saturated rings. The fourth-order valence-corrected chi connectivity index (χ4v) is 1.67. The van der Waals surface area contributed by atoms with E-state index in [-0.39, 0.29) is 5.56 Å². The van der Waals surface area contributed by atoms with Crippen LogP contribution in [0.15, 0.2) is 18.2 Å². The number of benzene rings is 1. The van der Waals surface area contributed by atoms with Crippen molar-refractivity contribution in [1.82, 2.24) is 5.32 Å². The molecule has 1 rings (SSSR count). The molecule has 106 valence electrons. The van der Waals surface area contributed by atoms with Crippen molar-refractivity contribution in [1.29, 1.82) is 0 Å². The number of nitrogens with two attached hydrogens (primary N) is 1. The van der Waals surface area contributed by atoms with Gasteiger partial charge in [-0.25, -0.2) is 4.39 Å². The summed E-state index contributed by atoms with van der Waals surface area (Å²) in [6, 6.07) is 4.19. The number of hydrogen-bond donors (Lipinski definition) is 2. The van der Waals surface area contributed by atoms with Crippen LogP contribution in [0.5, 0.6) is 5.75 Å². The quantitative estimate of drug-likeness (QED) is 0.743. The first kappa shape index (κ1) is 15.4. The van der Waals surface area contributed by atoms with Crippen LogP contribution in [-0.4, -0.2) is 26.1 Å². The lowest BCUT2D eigenvalue weighted by molar-refractivity contribution is 0.0948. The van der Waals surface area contributed by atoms with E-state index in [4.69, 9.17) is 10.5 Å². The van der Waals surface area contributed by atoms with Gasteiger partial charge in [-0.3, -0.25) is 4.79 Å². The smallest absolute Gasteiger partial charge is 0.254 e. The molecule has 0 bridgehead atoms. The summed E-state index contributed by atoms with van der Waals surface area (Å²) in [5.74, 6) is -0.145. The first-order chi connectivity index (χ1) is 9.08. The molecule has 0 radical (unpaired) electrons. The van der Waals surface area contributed by atoms with Gasteiger partial charge in [0.2, 0.25) is 0 Å². The van der Waals surface area contributed by atoms with Gasteiger partial charge in [-0.2, -0.15) is 0 Å². The maximum absolute atomic E-state index is 13.6. The highest BCUT2D eigenvalue weighted by molar-refractivity contribution is 5.94. The molecule has 0 aliphatic heterocycles. The summed E-state index contributed by atoms with van der Waals surface area (Å²) in [5.41, 5.74) is 5.54. The molecule has 1 atom stereocenters. The molecule has 1 aromatic rings. The van der Waals surface area contributed by atoms with Gasteiger partial charge >= 0.3 is 0 Å². The first-order valence-corrected chi connectivity index (χ1v) is 6.40. The molecule has 0 aliphatic carbocycles. The first-order valence-electron chi connectivity index (χ1n) is 6.40. The summed E-state index contributed by atoms with van der Waals surface area (Å²) in [4.78, 5) is 11.8. The van der Waals surface area contributed by atoms with E-state index in [1.807, 2.05) is 0 Å². The minimum Gasteiger partial charge on any atom is -0.497 e. The van der Waals surface area contributed by atoms with Gasteiger partial charge in [-0.15, -0.1) is 0 Å². The average Bonchev–Trinajstić information content (AvgIpc) is 2.42. The Morgan fingerprint density at radius 3 is 2.84 bits per heavy atom. The zero-order chi connectivity index (χ0) is 14.3. The van der Waals surface area contributed by atoms with Gasteiger partial charge in [0.05, 0.1) is 12.7 Å². The van der Waals surface area contributed by atoms with Gasteiger partial charge in [0.15, 0.2) is 0 Å². The number of halogens is 1. The molecular formula is C14H21FN2O2. The van der Waals surface area contributed by atoms with Gasteiger partial charge in [0.1, 0.15) is 11.6 Å². The maximum atomic E-state index is 13.6. The van der Waals surface area contributed by atoms with E-state index in [2.05, 4.69) is 12.2 Å². The van der Waals surface area contributed by atoms with E-state index >= 15 is 0 Å². The lowest BCUT2D eigenvalue weighted by Gasteiger charge is -2.09. The molecule has 19 heavy (non-hydrogen) atoms. The topological polar surface area (TPSA) is 64.3 Å². The minimum atomic E-state index is -0.577. The summed E-state index contributed by atoms with van der Waals surface area (Å²) in [7, 11) is 1.45. The van der Waals surface area contributed by atoms with E-state index in [0.717, 1.165) is 12.8 Å². The summed E-state index contributed by atoms with van der Waals surface area (Å²) in [6.45, 7) is 3.22. The number of ether oxygens (including phenoxy) is 1. The fourth-order valence-electron chi connectivity index (χ4n) is 1.67. The molecule has 1 unspecified atom stereocenters. The Labute approximate surface area is 113 Å². The van der Waals surface area contributed by atoms with Gasteiger partial charge in [0, 0.05) is 12.6 Å². The number of carbonyl (C=O) groups is 1. The second-order valence-electron chi connectivity index (χ2n) is 4.58. The Hall–Kier alpha value is -1.62. The molecule has 0 saturated carbocycles. The van der Waals surface area contributed by atoms with Crippen LogP contribution in [0.3, 0.4) is 0 Å². The molecule has 0 aromatic heterocycles. The van der Waals surface area contributed by atoms with Crippen molar-refractivity contribution >= 4 is 5.91 Å². The van der Waals surface area contributed by atoms with Gasteiger partial charge in [-0.05, 0) is 37.4 Å². The molecular weight excluding hydrogens is 247 g/mol. The van der Waals surface area contributed by atoms with Crippen LogP contribution in [0.4, 0.5) is 4.39 Å². The molecule has 0 heterocycles. The Kier molecular flexibility index (Phi) is 6.29. The van der Waals surface area contributed by atoms with E-state index in [9.17, 15) is 9.18 Å².